The van der Waals surface area contributed by atoms with Crippen LogP contribution in [0.15, 0.2) is 34.8 Å². The molecule has 3 rings (SSSR count). The molecule has 1 aromatic heterocycles. The Bertz CT molecular complexity index is 856. The first-order valence-electron chi connectivity index (χ1n) is 5.71. The van der Waals surface area contributed by atoms with Gasteiger partial charge in [0.15, 0.2) is 11.6 Å². The Kier molecular flexibility index (Phi) is 3.17. The molecule has 0 fully saturated rings. The Morgan fingerprint density at radius 3 is 2.52 bits per heavy atom. The first-order valence-corrected chi connectivity index (χ1v) is 6.51. The molecule has 21 heavy (non-hydrogen) atoms. The van der Waals surface area contributed by atoms with Crippen molar-refractivity contribution in [1.29, 1.82) is 0 Å². The highest BCUT2D eigenvalue weighted by atomic mass is 79.9. The molecule has 0 unspecified atom stereocenters. The fourth-order valence-corrected chi connectivity index (χ4v) is 2.42. The maximum atomic E-state index is 14.0. The Labute approximate surface area is 124 Å². The van der Waals surface area contributed by atoms with E-state index >= 15 is 0 Å². The van der Waals surface area contributed by atoms with E-state index in [0.717, 1.165) is 16.8 Å². The molecule has 0 spiro atoms. The predicted octanol–water partition coefficient (Wildman–Crippen LogP) is 3.16. The summed E-state index contributed by atoms with van der Waals surface area (Å²) in [6.45, 7) is 0. The highest BCUT2D eigenvalue weighted by Crippen LogP contribution is 2.26. The van der Waals surface area contributed by atoms with Crippen molar-refractivity contribution >= 4 is 32.9 Å². The second kappa shape index (κ2) is 4.88. The highest BCUT2D eigenvalue weighted by Gasteiger charge is 2.19. The molecule has 0 bridgehead atoms. The lowest BCUT2D eigenvalue weighted by atomic mass is 10.2. The van der Waals surface area contributed by atoms with E-state index in [2.05, 4.69) is 26.2 Å². The molecule has 1 heterocycles. The molecule has 2 aromatic carbocycles. The number of benzene rings is 2. The summed E-state index contributed by atoms with van der Waals surface area (Å²) in [6, 6.07) is 6.47. The van der Waals surface area contributed by atoms with Gasteiger partial charge in [-0.05, 0) is 24.3 Å². The monoisotopic (exact) mass is 353 g/mol. The second-order valence-corrected chi connectivity index (χ2v) is 5.11. The van der Waals surface area contributed by atoms with E-state index in [4.69, 9.17) is 5.11 Å². The average Bonchev–Trinajstić information content (AvgIpc) is 2.81. The van der Waals surface area contributed by atoms with Crippen LogP contribution >= 0.6 is 15.9 Å². The molecule has 1 N–H and O–H groups in total. The van der Waals surface area contributed by atoms with Gasteiger partial charge in [0.1, 0.15) is 11.2 Å². The van der Waals surface area contributed by atoms with Gasteiger partial charge in [-0.3, -0.25) is 0 Å². The van der Waals surface area contributed by atoms with E-state index in [-0.39, 0.29) is 21.1 Å². The zero-order valence-corrected chi connectivity index (χ0v) is 11.8. The number of carbonyl (C=O) groups is 1. The number of hydrogen-bond acceptors (Lipinski definition) is 3. The second-order valence-electron chi connectivity index (χ2n) is 4.20. The lowest BCUT2D eigenvalue weighted by Gasteiger charge is -2.06. The van der Waals surface area contributed by atoms with Gasteiger partial charge in [0, 0.05) is 4.47 Å². The normalized spacial score (nSPS) is 11.0. The van der Waals surface area contributed by atoms with E-state index < -0.39 is 23.3 Å². The molecular weight excluding hydrogens is 348 g/mol. The van der Waals surface area contributed by atoms with Crippen LogP contribution in [0.5, 0.6) is 0 Å². The first-order chi connectivity index (χ1) is 9.99. The Balaban J connectivity index is 2.33. The summed E-state index contributed by atoms with van der Waals surface area (Å²) in [6.07, 6.45) is 0. The fraction of sp³-hybridized carbons (Fsp3) is 0. The lowest BCUT2D eigenvalue weighted by Crippen LogP contribution is -2.04. The first kappa shape index (κ1) is 13.6. The van der Waals surface area contributed by atoms with Gasteiger partial charge in [0.05, 0.1) is 11.1 Å². The van der Waals surface area contributed by atoms with Gasteiger partial charge in [0.25, 0.3) is 0 Å². The van der Waals surface area contributed by atoms with E-state index in [1.807, 2.05) is 0 Å². The standard InChI is InChI=1S/C13H6BrF2N3O2/c14-6-4-8(15)12(9(16)5-6)19-10-3-1-2-7(13(20)21)11(10)17-18-19/h1-5H,(H,20,21). The lowest BCUT2D eigenvalue weighted by molar-refractivity contribution is 0.0699. The average molecular weight is 354 g/mol. The number of aromatic carboxylic acids is 1. The Morgan fingerprint density at radius 1 is 1.24 bits per heavy atom. The minimum Gasteiger partial charge on any atom is -0.478 e. The van der Waals surface area contributed by atoms with E-state index in [0.29, 0.717) is 0 Å². The molecule has 0 aliphatic carbocycles. The van der Waals surface area contributed by atoms with Gasteiger partial charge in [-0.15, -0.1) is 5.10 Å². The van der Waals surface area contributed by atoms with Gasteiger partial charge in [-0.25, -0.2) is 18.3 Å². The number of fused-ring (bicyclic) bond motifs is 1. The summed E-state index contributed by atoms with van der Waals surface area (Å²) in [7, 11) is 0. The number of carboxylic acids is 1. The number of carboxylic acid groups (broad SMARTS) is 1. The molecule has 0 aliphatic rings. The van der Waals surface area contributed by atoms with Gasteiger partial charge >= 0.3 is 5.97 Å². The van der Waals surface area contributed by atoms with E-state index in [1.165, 1.54) is 18.2 Å². The van der Waals surface area contributed by atoms with Crippen LogP contribution in [0.2, 0.25) is 0 Å². The van der Waals surface area contributed by atoms with E-state index in [9.17, 15) is 13.6 Å². The molecule has 0 amide bonds. The van der Waals surface area contributed by atoms with Crippen LogP contribution in [0.1, 0.15) is 10.4 Å². The van der Waals surface area contributed by atoms with Gasteiger partial charge in [0.2, 0.25) is 0 Å². The van der Waals surface area contributed by atoms with Crippen molar-refractivity contribution < 1.29 is 18.7 Å². The molecule has 0 saturated heterocycles. The molecule has 8 heteroatoms. The third-order valence-corrected chi connectivity index (χ3v) is 3.36. The third kappa shape index (κ3) is 2.17. The topological polar surface area (TPSA) is 68.0 Å². The minimum atomic E-state index is -1.19. The van der Waals surface area contributed by atoms with Crippen molar-refractivity contribution in [1.82, 2.24) is 15.0 Å². The fourth-order valence-electron chi connectivity index (χ4n) is 2.02. The van der Waals surface area contributed by atoms with Crippen LogP contribution in [-0.2, 0) is 0 Å². The quantitative estimate of drug-likeness (QED) is 0.768. The number of hydrogen-bond donors (Lipinski definition) is 1. The number of aromatic nitrogens is 3. The van der Waals surface area contributed by atoms with Crippen molar-refractivity contribution in [3.63, 3.8) is 0 Å². The molecule has 0 radical (unpaired) electrons. The van der Waals surface area contributed by atoms with Crippen molar-refractivity contribution in [3.05, 3.63) is 52.0 Å². The van der Waals surface area contributed by atoms with Crippen molar-refractivity contribution in [2.24, 2.45) is 0 Å². The van der Waals surface area contributed by atoms with E-state index in [1.54, 1.807) is 0 Å². The van der Waals surface area contributed by atoms with Crippen molar-refractivity contribution in [2.45, 2.75) is 0 Å². The van der Waals surface area contributed by atoms with Gasteiger partial charge in [-0.2, -0.15) is 0 Å². The number of nitrogens with zero attached hydrogens (tertiary/aromatic N) is 3. The van der Waals surface area contributed by atoms with Crippen LogP contribution in [0.25, 0.3) is 16.7 Å². The third-order valence-electron chi connectivity index (χ3n) is 2.90. The molecule has 0 atom stereocenters. The van der Waals surface area contributed by atoms with Crippen LogP contribution < -0.4 is 0 Å². The zero-order chi connectivity index (χ0) is 15.1. The van der Waals surface area contributed by atoms with Crippen LogP contribution in [-0.4, -0.2) is 26.1 Å². The maximum Gasteiger partial charge on any atom is 0.338 e. The summed E-state index contributed by atoms with van der Waals surface area (Å²) in [4.78, 5) is 11.1. The van der Waals surface area contributed by atoms with Crippen LogP contribution in [0.4, 0.5) is 8.78 Å². The molecular formula is C13H6BrF2N3O2. The van der Waals surface area contributed by atoms with Crippen LogP contribution in [0.3, 0.4) is 0 Å². The molecule has 5 nitrogen and oxygen atoms in total. The summed E-state index contributed by atoms with van der Waals surface area (Å²) < 4.78 is 29.2. The predicted molar refractivity (Wildman–Crippen MR) is 73.4 cm³/mol. The van der Waals surface area contributed by atoms with Crippen molar-refractivity contribution in [3.8, 4) is 5.69 Å². The minimum absolute atomic E-state index is 0.0618. The number of halogens is 3. The number of rotatable bonds is 2. The molecule has 106 valence electrons. The molecule has 0 saturated carbocycles. The largest absolute Gasteiger partial charge is 0.478 e. The molecule has 0 aliphatic heterocycles. The van der Waals surface area contributed by atoms with Crippen molar-refractivity contribution in [2.75, 3.05) is 0 Å². The summed E-state index contributed by atoms with van der Waals surface area (Å²) >= 11 is 2.99. The van der Waals surface area contributed by atoms with Crippen LogP contribution in [0, 0.1) is 11.6 Å². The highest BCUT2D eigenvalue weighted by molar-refractivity contribution is 9.10. The Morgan fingerprint density at radius 2 is 1.90 bits per heavy atom. The molecule has 3 aromatic rings. The summed E-state index contributed by atoms with van der Waals surface area (Å²) in [5.41, 5.74) is -0.235. The summed E-state index contributed by atoms with van der Waals surface area (Å²) in [5, 5.41) is 16.5. The smallest absolute Gasteiger partial charge is 0.338 e. The SMILES string of the molecule is O=C(O)c1cccc2c1nnn2-c1c(F)cc(Br)cc1F. The summed E-state index contributed by atoms with van der Waals surface area (Å²) in [5.74, 6) is -2.87. The van der Waals surface area contributed by atoms with Gasteiger partial charge in [-0.1, -0.05) is 27.2 Å². The maximum absolute atomic E-state index is 14.0. The zero-order valence-electron chi connectivity index (χ0n) is 10.2. The van der Waals surface area contributed by atoms with Gasteiger partial charge < -0.3 is 5.11 Å². The Hall–Kier alpha value is -2.35.